The van der Waals surface area contributed by atoms with E-state index in [0.29, 0.717) is 16.9 Å². The van der Waals surface area contributed by atoms with Crippen LogP contribution >= 0.6 is 11.3 Å². The van der Waals surface area contributed by atoms with Gasteiger partial charge in [0, 0.05) is 15.8 Å². The minimum absolute atomic E-state index is 0.0581. The van der Waals surface area contributed by atoms with Gasteiger partial charge in [0.15, 0.2) is 0 Å². The van der Waals surface area contributed by atoms with Crippen LogP contribution in [0.2, 0.25) is 0 Å². The Morgan fingerprint density at radius 1 is 1.35 bits per heavy atom. The molecule has 2 rings (SSSR count). The molecular formula is C15H19N3OS. The lowest BCUT2D eigenvalue weighted by atomic mass is 10.1. The molecular weight excluding hydrogens is 270 g/mol. The van der Waals surface area contributed by atoms with Crippen molar-refractivity contribution in [1.82, 2.24) is 0 Å². The maximum absolute atomic E-state index is 11.5. The minimum Gasteiger partial charge on any atom is -0.397 e. The van der Waals surface area contributed by atoms with Crippen molar-refractivity contribution in [2.75, 3.05) is 11.1 Å². The highest BCUT2D eigenvalue weighted by Crippen LogP contribution is 2.31. The standard InChI is InChI=1S/C15H19N3OS/c1-8-7-12(10(3)20-8)9(2)18-14-11(15(17)19)5-4-6-13(14)16/h4-7,9,18H,16H2,1-3H3,(H2,17,19). The second kappa shape index (κ2) is 5.54. The van der Waals surface area contributed by atoms with Crippen LogP contribution in [0.4, 0.5) is 11.4 Å². The Hall–Kier alpha value is -2.01. The number of nitrogens with two attached hydrogens (primary N) is 2. The largest absolute Gasteiger partial charge is 0.397 e. The van der Waals surface area contributed by atoms with Gasteiger partial charge in [-0.15, -0.1) is 11.3 Å². The van der Waals surface area contributed by atoms with Gasteiger partial charge in [-0.05, 0) is 44.5 Å². The second-order valence-electron chi connectivity index (χ2n) is 4.87. The van der Waals surface area contributed by atoms with Crippen LogP contribution in [0.1, 0.15) is 38.6 Å². The molecule has 5 N–H and O–H groups in total. The van der Waals surface area contributed by atoms with Crippen LogP contribution in [0.15, 0.2) is 24.3 Å². The number of primary amides is 1. The predicted octanol–water partition coefficient (Wildman–Crippen LogP) is 3.22. The van der Waals surface area contributed by atoms with E-state index in [0.717, 1.165) is 0 Å². The number of nitrogen functional groups attached to an aromatic ring is 1. The van der Waals surface area contributed by atoms with Gasteiger partial charge in [0.1, 0.15) is 0 Å². The van der Waals surface area contributed by atoms with E-state index in [1.807, 2.05) is 6.92 Å². The van der Waals surface area contributed by atoms with Crippen LogP contribution < -0.4 is 16.8 Å². The molecule has 0 aliphatic carbocycles. The van der Waals surface area contributed by atoms with Crippen LogP contribution in [-0.2, 0) is 0 Å². The quantitative estimate of drug-likeness (QED) is 0.756. The zero-order valence-corrected chi connectivity index (χ0v) is 12.7. The summed E-state index contributed by atoms with van der Waals surface area (Å²) in [6.07, 6.45) is 0. The monoisotopic (exact) mass is 289 g/mol. The number of carbonyl (C=O) groups excluding carboxylic acids is 1. The van der Waals surface area contributed by atoms with Crippen molar-refractivity contribution >= 4 is 28.6 Å². The van der Waals surface area contributed by atoms with E-state index in [9.17, 15) is 4.79 Å². The van der Waals surface area contributed by atoms with Crippen molar-refractivity contribution in [3.8, 4) is 0 Å². The number of hydrogen-bond acceptors (Lipinski definition) is 4. The van der Waals surface area contributed by atoms with E-state index in [2.05, 4.69) is 25.2 Å². The van der Waals surface area contributed by atoms with E-state index in [-0.39, 0.29) is 6.04 Å². The smallest absolute Gasteiger partial charge is 0.250 e. The summed E-state index contributed by atoms with van der Waals surface area (Å²) in [7, 11) is 0. The average Bonchev–Trinajstić information content (AvgIpc) is 2.70. The SMILES string of the molecule is Cc1cc(C(C)Nc2c(N)cccc2C(N)=O)c(C)s1. The molecule has 0 spiro atoms. The molecule has 4 nitrogen and oxygen atoms in total. The molecule has 0 radical (unpaired) electrons. The van der Waals surface area contributed by atoms with Gasteiger partial charge in [-0.1, -0.05) is 6.07 Å². The number of amides is 1. The summed E-state index contributed by atoms with van der Waals surface area (Å²) in [4.78, 5) is 14.0. The zero-order valence-electron chi connectivity index (χ0n) is 11.9. The highest BCUT2D eigenvalue weighted by Gasteiger charge is 2.16. The van der Waals surface area contributed by atoms with Gasteiger partial charge in [-0.2, -0.15) is 0 Å². The lowest BCUT2D eigenvalue weighted by Gasteiger charge is -2.19. The zero-order chi connectivity index (χ0) is 14.9. The lowest BCUT2D eigenvalue weighted by Crippen LogP contribution is -2.17. The molecule has 5 heteroatoms. The maximum Gasteiger partial charge on any atom is 0.250 e. The number of rotatable bonds is 4. The van der Waals surface area contributed by atoms with Crippen LogP contribution in [-0.4, -0.2) is 5.91 Å². The van der Waals surface area contributed by atoms with Crippen molar-refractivity contribution in [3.63, 3.8) is 0 Å². The number of thiophene rings is 1. The van der Waals surface area contributed by atoms with Crippen LogP contribution in [0.25, 0.3) is 0 Å². The molecule has 0 bridgehead atoms. The Morgan fingerprint density at radius 2 is 2.05 bits per heavy atom. The van der Waals surface area contributed by atoms with E-state index in [4.69, 9.17) is 11.5 Å². The van der Waals surface area contributed by atoms with Gasteiger partial charge in [-0.3, -0.25) is 4.79 Å². The number of aryl methyl sites for hydroxylation is 2. The fraction of sp³-hybridized carbons (Fsp3) is 0.267. The maximum atomic E-state index is 11.5. The predicted molar refractivity (Wildman–Crippen MR) is 85.2 cm³/mol. The summed E-state index contributed by atoms with van der Waals surface area (Å²) >= 11 is 1.76. The Labute approximate surface area is 122 Å². The lowest BCUT2D eigenvalue weighted by molar-refractivity contribution is 0.100. The number of benzene rings is 1. The van der Waals surface area contributed by atoms with E-state index in [1.54, 1.807) is 29.5 Å². The summed E-state index contributed by atoms with van der Waals surface area (Å²) in [6.45, 7) is 6.22. The Bertz CT molecular complexity index is 649. The number of nitrogens with one attached hydrogen (secondary N) is 1. The number of anilines is 2. The van der Waals surface area contributed by atoms with E-state index >= 15 is 0 Å². The molecule has 0 saturated carbocycles. The van der Waals surface area contributed by atoms with E-state index in [1.165, 1.54) is 15.3 Å². The first-order valence-corrected chi connectivity index (χ1v) is 7.23. The third-order valence-corrected chi connectivity index (χ3v) is 4.25. The highest BCUT2D eigenvalue weighted by atomic mass is 32.1. The van der Waals surface area contributed by atoms with Gasteiger partial charge in [0.2, 0.25) is 0 Å². The number of para-hydroxylation sites is 1. The van der Waals surface area contributed by atoms with Gasteiger partial charge in [0.25, 0.3) is 5.91 Å². The average molecular weight is 289 g/mol. The van der Waals surface area contributed by atoms with Gasteiger partial charge in [-0.25, -0.2) is 0 Å². The molecule has 2 aromatic rings. The summed E-state index contributed by atoms with van der Waals surface area (Å²) in [5.74, 6) is -0.481. The summed E-state index contributed by atoms with van der Waals surface area (Å²) < 4.78 is 0. The van der Waals surface area contributed by atoms with Gasteiger partial charge >= 0.3 is 0 Å². The molecule has 106 valence electrons. The second-order valence-corrected chi connectivity index (χ2v) is 6.33. The molecule has 1 heterocycles. The topological polar surface area (TPSA) is 81.1 Å². The summed E-state index contributed by atoms with van der Waals surface area (Å²) in [6, 6.07) is 7.38. The first-order chi connectivity index (χ1) is 9.40. The molecule has 0 aliphatic heterocycles. The Morgan fingerprint density at radius 3 is 2.60 bits per heavy atom. The number of carbonyl (C=O) groups is 1. The first-order valence-electron chi connectivity index (χ1n) is 6.42. The third kappa shape index (κ3) is 2.77. The molecule has 0 saturated heterocycles. The normalized spacial score (nSPS) is 12.2. The molecule has 1 aromatic carbocycles. The van der Waals surface area contributed by atoms with Crippen molar-refractivity contribution in [1.29, 1.82) is 0 Å². The van der Waals surface area contributed by atoms with Crippen LogP contribution in [0.3, 0.4) is 0 Å². The van der Waals surface area contributed by atoms with Crippen molar-refractivity contribution < 1.29 is 4.79 Å². The summed E-state index contributed by atoms with van der Waals surface area (Å²) in [5, 5.41) is 3.31. The molecule has 20 heavy (non-hydrogen) atoms. The van der Waals surface area contributed by atoms with Crippen molar-refractivity contribution in [2.24, 2.45) is 5.73 Å². The van der Waals surface area contributed by atoms with Gasteiger partial charge in [0.05, 0.1) is 16.9 Å². The van der Waals surface area contributed by atoms with Crippen molar-refractivity contribution in [3.05, 3.63) is 45.1 Å². The van der Waals surface area contributed by atoms with Gasteiger partial charge < -0.3 is 16.8 Å². The van der Waals surface area contributed by atoms with Crippen molar-refractivity contribution in [2.45, 2.75) is 26.8 Å². The van der Waals surface area contributed by atoms with E-state index < -0.39 is 5.91 Å². The van der Waals surface area contributed by atoms with Crippen LogP contribution in [0.5, 0.6) is 0 Å². The Balaban J connectivity index is 2.35. The number of hydrogen-bond donors (Lipinski definition) is 3. The molecule has 1 amide bonds. The van der Waals surface area contributed by atoms with Crippen LogP contribution in [0, 0.1) is 13.8 Å². The highest BCUT2D eigenvalue weighted by molar-refractivity contribution is 7.12. The Kier molecular flexibility index (Phi) is 3.99. The molecule has 1 aromatic heterocycles. The fourth-order valence-electron chi connectivity index (χ4n) is 2.31. The molecule has 1 unspecified atom stereocenters. The minimum atomic E-state index is -0.481. The first kappa shape index (κ1) is 14.4. The molecule has 0 aliphatic rings. The summed E-state index contributed by atoms with van der Waals surface area (Å²) in [5.41, 5.74) is 14.1. The fourth-order valence-corrected chi connectivity index (χ4v) is 3.33. The third-order valence-electron chi connectivity index (χ3n) is 3.27. The molecule has 1 atom stereocenters. The molecule has 0 fully saturated rings.